The van der Waals surface area contributed by atoms with E-state index in [-0.39, 0.29) is 0 Å². The molecule has 0 bridgehead atoms. The average molecular weight is 227 g/mol. The van der Waals surface area contributed by atoms with Crippen LogP contribution in [-0.2, 0) is 11.3 Å². The van der Waals surface area contributed by atoms with Gasteiger partial charge >= 0.3 is 0 Å². The molecule has 2 rings (SSSR count). The lowest BCUT2D eigenvalue weighted by molar-refractivity contribution is 0.122. The van der Waals surface area contributed by atoms with Gasteiger partial charge in [-0.25, -0.2) is 4.98 Å². The maximum atomic E-state index is 5.62. The van der Waals surface area contributed by atoms with Crippen molar-refractivity contribution in [3.05, 3.63) is 5.69 Å². The van der Waals surface area contributed by atoms with Crippen LogP contribution in [0.3, 0.4) is 0 Å². The zero-order valence-corrected chi connectivity index (χ0v) is 11.1. The summed E-state index contributed by atoms with van der Waals surface area (Å²) in [5, 5.41) is 1.12. The fourth-order valence-electron chi connectivity index (χ4n) is 1.49. The van der Waals surface area contributed by atoms with Crippen molar-refractivity contribution in [2.45, 2.75) is 6.54 Å². The molecule has 0 amide bonds. The summed E-state index contributed by atoms with van der Waals surface area (Å²) >= 11 is 2.83. The fraction of sp³-hybridized carbons (Fsp3) is 0.625. The lowest BCUT2D eigenvalue weighted by Gasteiger charge is -2.26. The second-order valence-electron chi connectivity index (χ2n) is 3.30. The van der Waals surface area contributed by atoms with E-state index < -0.39 is 0 Å². The number of nitrogens with two attached hydrogens (primary N) is 1. The second kappa shape index (κ2) is 4.60. The van der Waals surface area contributed by atoms with Crippen molar-refractivity contribution < 1.29 is 4.74 Å². The van der Waals surface area contributed by atoms with Crippen LogP contribution >= 0.6 is 11.3 Å². The molecule has 2 heterocycles. The average Bonchev–Trinajstić information content (AvgIpc) is 2.61. The lowest BCUT2D eigenvalue weighted by Crippen LogP contribution is -2.36. The Balaban J connectivity index is 2.14. The van der Waals surface area contributed by atoms with E-state index in [0.717, 1.165) is 53.4 Å². The topological polar surface area (TPSA) is 51.4 Å². The lowest BCUT2D eigenvalue weighted by atomic mass is 10.4. The van der Waals surface area contributed by atoms with Gasteiger partial charge in [0.05, 0.1) is 18.9 Å². The number of aromatic nitrogens is 1. The summed E-state index contributed by atoms with van der Waals surface area (Å²) < 4.78 is 6.67. The number of hydrogen-bond donors (Lipinski definition) is 1. The van der Waals surface area contributed by atoms with Crippen molar-refractivity contribution >= 4 is 36.5 Å². The van der Waals surface area contributed by atoms with Gasteiger partial charge in [0.15, 0.2) is 5.13 Å². The SMILES string of the molecule is NCc1nc(N2CCOCC2)s[c]1[AlH2]. The first-order valence-electron chi connectivity index (χ1n) is 4.80. The molecule has 0 unspecified atom stereocenters. The summed E-state index contributed by atoms with van der Waals surface area (Å²) in [6, 6.07) is 0. The zero-order valence-electron chi connectivity index (χ0n) is 8.32. The minimum Gasteiger partial charge on any atom is -0.378 e. The smallest absolute Gasteiger partial charge is 0.279 e. The molecule has 6 heteroatoms. The van der Waals surface area contributed by atoms with Gasteiger partial charge in [-0.1, -0.05) is 0 Å². The third kappa shape index (κ3) is 2.10. The van der Waals surface area contributed by atoms with Gasteiger partial charge in [0.2, 0.25) is 0 Å². The summed E-state index contributed by atoms with van der Waals surface area (Å²) in [4.78, 5) is 6.84. The minimum absolute atomic E-state index is 0.569. The minimum atomic E-state index is 0.569. The molecule has 1 aromatic heterocycles. The van der Waals surface area contributed by atoms with Crippen LogP contribution in [0.5, 0.6) is 0 Å². The Hall–Kier alpha value is -0.118. The van der Waals surface area contributed by atoms with Gasteiger partial charge in [-0.15, -0.1) is 11.3 Å². The summed E-state index contributed by atoms with van der Waals surface area (Å²) in [7, 11) is 0. The monoisotopic (exact) mass is 227 g/mol. The highest BCUT2D eigenvalue weighted by Crippen LogP contribution is 2.18. The molecular formula is C8H14AlN3OS. The Morgan fingerprint density at radius 2 is 2.21 bits per heavy atom. The molecule has 2 N–H and O–H groups in total. The van der Waals surface area contributed by atoms with Crippen molar-refractivity contribution in [1.82, 2.24) is 4.98 Å². The van der Waals surface area contributed by atoms with Crippen LogP contribution in [0.2, 0.25) is 0 Å². The molecule has 0 saturated carbocycles. The first kappa shape index (κ1) is 10.4. The van der Waals surface area contributed by atoms with Gasteiger partial charge in [-0.05, 0) is 3.74 Å². The van der Waals surface area contributed by atoms with E-state index in [0.29, 0.717) is 6.54 Å². The van der Waals surface area contributed by atoms with Crippen molar-refractivity contribution in [2.75, 3.05) is 31.2 Å². The summed E-state index contributed by atoms with van der Waals surface area (Å²) in [6.07, 6.45) is 0. The molecule has 1 fully saturated rings. The van der Waals surface area contributed by atoms with E-state index >= 15 is 0 Å². The number of morpholine rings is 1. The maximum absolute atomic E-state index is 5.62. The standard InChI is InChI=1S/C8H12N3OS.Al.2H/c9-5-7-6-13-8(10-7)11-1-3-12-4-2-11;;;/h1-5,9H2;;;. The van der Waals surface area contributed by atoms with Crippen LogP contribution in [0.1, 0.15) is 5.69 Å². The highest BCUT2D eigenvalue weighted by atomic mass is 32.1. The zero-order chi connectivity index (χ0) is 9.97. The quantitative estimate of drug-likeness (QED) is 0.638. The van der Waals surface area contributed by atoms with Crippen molar-refractivity contribution in [3.63, 3.8) is 0 Å². The normalized spacial score (nSPS) is 17.4. The van der Waals surface area contributed by atoms with Crippen LogP contribution in [0.25, 0.3) is 0 Å². The molecule has 4 nitrogen and oxygen atoms in total. The molecule has 1 saturated heterocycles. The molecule has 1 aliphatic rings. The van der Waals surface area contributed by atoms with E-state index in [4.69, 9.17) is 10.5 Å². The summed E-state index contributed by atoms with van der Waals surface area (Å²) in [5.41, 5.74) is 6.70. The first-order valence-corrected chi connectivity index (χ1v) is 6.62. The predicted octanol–water partition coefficient (Wildman–Crippen LogP) is -1.30. The van der Waals surface area contributed by atoms with Crippen LogP contribution in [-0.4, -0.2) is 47.6 Å². The van der Waals surface area contributed by atoms with Crippen LogP contribution < -0.4 is 14.4 Å². The third-order valence-electron chi connectivity index (χ3n) is 2.36. The molecule has 0 spiro atoms. The third-order valence-corrected chi connectivity index (χ3v) is 4.62. The van der Waals surface area contributed by atoms with E-state index in [1.165, 1.54) is 3.74 Å². The number of thiazole rings is 1. The molecular weight excluding hydrogens is 213 g/mol. The Morgan fingerprint density at radius 3 is 2.79 bits per heavy atom. The van der Waals surface area contributed by atoms with Gasteiger partial charge in [-0.2, -0.15) is 0 Å². The van der Waals surface area contributed by atoms with Gasteiger partial charge in [0.25, 0.3) is 16.3 Å². The first-order chi connectivity index (χ1) is 6.81. The molecule has 1 aliphatic heterocycles. The van der Waals surface area contributed by atoms with Crippen LogP contribution in [0.4, 0.5) is 5.13 Å². The van der Waals surface area contributed by atoms with Crippen LogP contribution in [0, 0.1) is 0 Å². The summed E-state index contributed by atoms with van der Waals surface area (Å²) in [6.45, 7) is 4.11. The largest absolute Gasteiger partial charge is 0.378 e. The highest BCUT2D eigenvalue weighted by molar-refractivity contribution is 7.23. The molecule has 0 radical (unpaired) electrons. The molecule has 0 aliphatic carbocycles. The van der Waals surface area contributed by atoms with Gasteiger partial charge in [-0.3, -0.25) is 0 Å². The van der Waals surface area contributed by atoms with E-state index in [1.54, 1.807) is 11.3 Å². The van der Waals surface area contributed by atoms with Gasteiger partial charge in [0, 0.05) is 19.6 Å². The van der Waals surface area contributed by atoms with Gasteiger partial charge in [0.1, 0.15) is 0 Å². The van der Waals surface area contributed by atoms with Crippen molar-refractivity contribution in [3.8, 4) is 0 Å². The molecule has 0 aromatic carbocycles. The second-order valence-corrected chi connectivity index (χ2v) is 6.21. The number of hydrogen-bond acceptors (Lipinski definition) is 5. The Bertz CT molecular complexity index is 312. The predicted molar refractivity (Wildman–Crippen MR) is 61.2 cm³/mol. The van der Waals surface area contributed by atoms with Crippen molar-refractivity contribution in [1.29, 1.82) is 0 Å². The van der Waals surface area contributed by atoms with E-state index in [9.17, 15) is 0 Å². The van der Waals surface area contributed by atoms with Gasteiger partial charge < -0.3 is 15.4 Å². The van der Waals surface area contributed by atoms with E-state index in [1.807, 2.05) is 0 Å². The Kier molecular flexibility index (Phi) is 3.42. The summed E-state index contributed by atoms with van der Waals surface area (Å²) in [5.74, 6) is 0. The number of nitrogens with zero attached hydrogens (tertiary/aromatic N) is 2. The van der Waals surface area contributed by atoms with Crippen LogP contribution in [0.15, 0.2) is 0 Å². The molecule has 0 atom stereocenters. The number of rotatable bonds is 2. The number of anilines is 1. The number of ether oxygens (including phenoxy) is 1. The maximum Gasteiger partial charge on any atom is 0.279 e. The Labute approximate surface area is 95.5 Å². The van der Waals surface area contributed by atoms with E-state index in [2.05, 4.69) is 9.88 Å². The molecule has 76 valence electrons. The highest BCUT2D eigenvalue weighted by Gasteiger charge is 2.15. The van der Waals surface area contributed by atoms with Crippen molar-refractivity contribution in [2.24, 2.45) is 5.73 Å². The molecule has 1 aromatic rings. The Morgan fingerprint density at radius 1 is 1.50 bits per heavy atom. The molecule has 14 heavy (non-hydrogen) atoms. The fourth-order valence-corrected chi connectivity index (χ4v) is 3.34.